The quantitative estimate of drug-likeness (QED) is 0.389. The zero-order valence-corrected chi connectivity index (χ0v) is 30.1. The molecule has 2 aliphatic carbocycles. The zero-order valence-electron chi connectivity index (χ0n) is 28.5. The maximum absolute atomic E-state index is 13.5. The van der Waals surface area contributed by atoms with Crippen LogP contribution in [0.15, 0.2) is 48.6 Å². The van der Waals surface area contributed by atoms with Crippen LogP contribution >= 0.6 is 11.6 Å². The van der Waals surface area contributed by atoms with Crippen LogP contribution in [0.4, 0.5) is 5.69 Å². The van der Waals surface area contributed by atoms with Crippen LogP contribution < -0.4 is 14.4 Å². The van der Waals surface area contributed by atoms with E-state index in [1.54, 1.807) is 31.2 Å². The lowest BCUT2D eigenvalue weighted by atomic mass is 9.63. The Bertz CT molecular complexity index is 1760. The Morgan fingerprint density at radius 1 is 1.10 bits per heavy atom. The second-order valence-electron chi connectivity index (χ2n) is 15.3. The van der Waals surface area contributed by atoms with Gasteiger partial charge in [0.15, 0.2) is 0 Å². The molecule has 2 N–H and O–H groups in total. The van der Waals surface area contributed by atoms with E-state index >= 15 is 0 Å². The smallest absolute Gasteiger partial charge is 0.264 e. The number of likely N-dealkylation sites (tertiary alicyclic amines) is 1. The molecule has 9 nitrogen and oxygen atoms in total. The van der Waals surface area contributed by atoms with E-state index in [4.69, 9.17) is 16.3 Å². The maximum atomic E-state index is 13.5. The summed E-state index contributed by atoms with van der Waals surface area (Å²) >= 11 is 6.44. The number of aliphatic hydroxyl groups is 1. The Kier molecular flexibility index (Phi) is 9.28. The second-order valence-corrected chi connectivity index (χ2v) is 17.8. The molecule has 49 heavy (non-hydrogen) atoms. The molecule has 2 fully saturated rings. The summed E-state index contributed by atoms with van der Waals surface area (Å²) in [5, 5.41) is 12.3. The summed E-state index contributed by atoms with van der Waals surface area (Å²) in [6.07, 6.45) is 10.5. The fraction of sp³-hybridized carbons (Fsp3) is 0.579. The van der Waals surface area contributed by atoms with Gasteiger partial charge in [-0.25, -0.2) is 13.1 Å². The fourth-order valence-corrected chi connectivity index (χ4v) is 10.4. The molecule has 0 unspecified atom stereocenters. The van der Waals surface area contributed by atoms with Crippen molar-refractivity contribution in [1.29, 1.82) is 0 Å². The van der Waals surface area contributed by atoms with Crippen LogP contribution in [0.3, 0.4) is 0 Å². The number of carbonyl (C=O) groups excluding carboxylic acids is 2. The summed E-state index contributed by atoms with van der Waals surface area (Å²) in [7, 11) is -4.02. The first-order chi connectivity index (χ1) is 23.4. The minimum Gasteiger partial charge on any atom is -0.490 e. The number of amides is 2. The van der Waals surface area contributed by atoms with E-state index in [9.17, 15) is 23.1 Å². The number of carbonyl (C=O) groups is 2. The van der Waals surface area contributed by atoms with Gasteiger partial charge < -0.3 is 19.6 Å². The van der Waals surface area contributed by atoms with Crippen molar-refractivity contribution in [3.63, 3.8) is 0 Å². The molecular weight excluding hydrogens is 662 g/mol. The molecule has 264 valence electrons. The Hall–Kier alpha value is -3.08. The normalized spacial score (nSPS) is 33.3. The third-order valence-corrected chi connectivity index (χ3v) is 14.3. The predicted octanol–water partition coefficient (Wildman–Crippen LogP) is 5.63. The Morgan fingerprint density at radius 2 is 1.90 bits per heavy atom. The first-order valence-electron chi connectivity index (χ1n) is 17.9. The number of hydrogen-bond acceptors (Lipinski definition) is 7. The van der Waals surface area contributed by atoms with Crippen molar-refractivity contribution in [2.24, 2.45) is 17.8 Å². The second kappa shape index (κ2) is 13.2. The molecule has 6 atom stereocenters. The van der Waals surface area contributed by atoms with Gasteiger partial charge in [0.25, 0.3) is 5.91 Å². The summed E-state index contributed by atoms with van der Waals surface area (Å²) in [4.78, 5) is 31.2. The number of sulfonamides is 1. The van der Waals surface area contributed by atoms with Crippen molar-refractivity contribution >= 4 is 39.1 Å². The van der Waals surface area contributed by atoms with E-state index in [2.05, 4.69) is 21.8 Å². The van der Waals surface area contributed by atoms with E-state index in [0.29, 0.717) is 50.0 Å². The molecule has 1 spiro atoms. The molecule has 2 aromatic rings. The lowest BCUT2D eigenvalue weighted by Crippen LogP contribution is -2.53. The first kappa shape index (κ1) is 34.4. The molecule has 0 aromatic heterocycles. The molecule has 2 bridgehead atoms. The topological polar surface area (TPSA) is 116 Å². The highest BCUT2D eigenvalue weighted by atomic mass is 35.5. The first-order valence-corrected chi connectivity index (χ1v) is 19.8. The van der Waals surface area contributed by atoms with Crippen LogP contribution in [0.25, 0.3) is 0 Å². The van der Waals surface area contributed by atoms with Crippen molar-refractivity contribution in [3.05, 3.63) is 70.3 Å². The van der Waals surface area contributed by atoms with Crippen LogP contribution in [0.2, 0.25) is 5.02 Å². The summed E-state index contributed by atoms with van der Waals surface area (Å²) in [5.74, 6) is -0.490. The van der Waals surface area contributed by atoms with Crippen molar-refractivity contribution in [2.75, 3.05) is 37.7 Å². The molecule has 11 heteroatoms. The lowest BCUT2D eigenvalue weighted by molar-refractivity contribution is -0.138. The molecular formula is C38H48ClN3O6S. The fourth-order valence-electron chi connectivity index (χ4n) is 8.88. The van der Waals surface area contributed by atoms with Gasteiger partial charge in [-0.05, 0) is 118 Å². The Morgan fingerprint density at radius 3 is 2.65 bits per heavy atom. The number of nitrogens with one attached hydrogen (secondary N) is 1. The number of anilines is 1. The predicted molar refractivity (Wildman–Crippen MR) is 191 cm³/mol. The SMILES string of the molecule is C[C@@H]1[C@@H](C)C/C=C\[C@@](O)(CC(=O)N2CCCC2)[C@@H]2CC[C@H]2CN2C[C@@]3(CCCc4cc(Cl)ccc43)COc3ccc(cc32)C(=O)NS1(=O)=O. The van der Waals surface area contributed by atoms with Crippen molar-refractivity contribution in [3.8, 4) is 5.75 Å². The number of rotatable bonds is 2. The number of ether oxygens (including phenoxy) is 1. The third-order valence-electron chi connectivity index (χ3n) is 12.1. The van der Waals surface area contributed by atoms with Gasteiger partial charge in [-0.15, -0.1) is 0 Å². The van der Waals surface area contributed by atoms with Gasteiger partial charge in [-0.1, -0.05) is 36.7 Å². The molecule has 2 amide bonds. The summed E-state index contributed by atoms with van der Waals surface area (Å²) in [6, 6.07) is 11.3. The van der Waals surface area contributed by atoms with E-state index in [0.717, 1.165) is 50.6 Å². The molecule has 2 aromatic carbocycles. The summed E-state index contributed by atoms with van der Waals surface area (Å²) in [5.41, 5.74) is 1.71. The average molecular weight is 710 g/mol. The third kappa shape index (κ3) is 6.61. The molecule has 1 saturated heterocycles. The van der Waals surface area contributed by atoms with Crippen molar-refractivity contribution in [2.45, 2.75) is 87.9 Å². The molecule has 5 aliphatic rings. The molecule has 1 saturated carbocycles. The minimum absolute atomic E-state index is 0.00484. The molecule has 7 rings (SSSR count). The Labute approximate surface area is 295 Å². The monoisotopic (exact) mass is 709 g/mol. The number of hydrogen-bond donors (Lipinski definition) is 2. The molecule has 3 heterocycles. The highest BCUT2D eigenvalue weighted by molar-refractivity contribution is 7.90. The summed E-state index contributed by atoms with van der Waals surface area (Å²) in [6.45, 7) is 6.52. The highest BCUT2D eigenvalue weighted by Gasteiger charge is 2.49. The van der Waals surface area contributed by atoms with Crippen LogP contribution in [0, 0.1) is 17.8 Å². The van der Waals surface area contributed by atoms with Crippen molar-refractivity contribution < 1.29 is 27.9 Å². The van der Waals surface area contributed by atoms with Crippen LogP contribution in [-0.2, 0) is 26.7 Å². The van der Waals surface area contributed by atoms with Gasteiger partial charge in [0, 0.05) is 42.2 Å². The van der Waals surface area contributed by atoms with Crippen LogP contribution in [-0.4, -0.2) is 73.9 Å². The van der Waals surface area contributed by atoms with Gasteiger partial charge >= 0.3 is 0 Å². The Balaban J connectivity index is 1.30. The number of nitrogens with zero attached hydrogens (tertiary/aromatic N) is 2. The largest absolute Gasteiger partial charge is 0.490 e. The summed E-state index contributed by atoms with van der Waals surface area (Å²) < 4.78 is 35.8. The number of fused-ring (bicyclic) bond motifs is 4. The van der Waals surface area contributed by atoms with Gasteiger partial charge in [0.05, 0.1) is 29.6 Å². The lowest BCUT2D eigenvalue weighted by Gasteiger charge is -2.49. The average Bonchev–Trinajstić information content (AvgIpc) is 3.55. The minimum atomic E-state index is -4.02. The number of benzene rings is 2. The van der Waals surface area contributed by atoms with Crippen LogP contribution in [0.1, 0.15) is 86.7 Å². The van der Waals surface area contributed by atoms with E-state index in [-0.39, 0.29) is 41.1 Å². The number of allylic oxidation sites excluding steroid dienone is 1. The highest BCUT2D eigenvalue weighted by Crippen LogP contribution is 2.49. The standard InChI is InChI=1S/C38H48ClN3O6S/c1-25-7-5-16-38(45,21-35(43)41-17-3-4-18-41)32-12-9-29(32)22-42-23-37(15-6-8-27-19-30(39)11-13-31(27)37)24-48-34-14-10-28(20-33(34)42)36(44)40-49(46,47)26(25)2/h5,10-11,13-14,16,19-20,25-26,29,32,45H,3-4,6-9,12,15,17-18,21-24H2,1-2H3,(H,40,44)/b16-5-/t25-,26+,29-,32+,37-,38+/m0/s1. The van der Waals surface area contributed by atoms with Gasteiger partial charge in [0.1, 0.15) is 5.75 Å². The van der Waals surface area contributed by atoms with Gasteiger partial charge in [-0.3, -0.25) is 9.59 Å². The molecule has 3 aliphatic heterocycles. The van der Waals surface area contributed by atoms with Crippen LogP contribution in [0.5, 0.6) is 5.75 Å². The van der Waals surface area contributed by atoms with E-state index in [1.807, 2.05) is 24.0 Å². The number of halogens is 1. The number of aryl methyl sites for hydroxylation is 1. The van der Waals surface area contributed by atoms with Crippen molar-refractivity contribution in [1.82, 2.24) is 9.62 Å². The van der Waals surface area contributed by atoms with Gasteiger partial charge in [-0.2, -0.15) is 0 Å². The van der Waals surface area contributed by atoms with Gasteiger partial charge in [0.2, 0.25) is 15.9 Å². The molecule has 0 radical (unpaired) electrons. The van der Waals surface area contributed by atoms with E-state index in [1.165, 1.54) is 11.1 Å². The van der Waals surface area contributed by atoms with E-state index < -0.39 is 26.8 Å². The zero-order chi connectivity index (χ0) is 34.6. The maximum Gasteiger partial charge on any atom is 0.264 e.